The van der Waals surface area contributed by atoms with Crippen LogP contribution in [0.3, 0.4) is 0 Å². The van der Waals surface area contributed by atoms with Crippen LogP contribution >= 0.6 is 0 Å². The lowest BCUT2D eigenvalue weighted by atomic mass is 9.44. The summed E-state index contributed by atoms with van der Waals surface area (Å²) in [5, 5.41) is 0. The minimum Gasteiger partial charge on any atom is -0.463 e. The Bertz CT molecular complexity index is 659. The maximum Gasteiger partial charge on any atom is 0.302 e. The van der Waals surface area contributed by atoms with Crippen LogP contribution in [0.4, 0.5) is 0 Å². The molecule has 0 bridgehead atoms. The van der Waals surface area contributed by atoms with Crippen molar-refractivity contribution in [2.75, 3.05) is 0 Å². The van der Waals surface area contributed by atoms with Crippen molar-refractivity contribution in [1.82, 2.24) is 0 Å². The van der Waals surface area contributed by atoms with Gasteiger partial charge in [0.2, 0.25) is 0 Å². The third-order valence-corrected chi connectivity index (χ3v) is 9.94. The fourth-order valence-corrected chi connectivity index (χ4v) is 8.72. The highest BCUT2D eigenvalue weighted by Gasteiger charge is 2.61. The first-order chi connectivity index (χ1) is 13.6. The van der Waals surface area contributed by atoms with E-state index in [1.54, 1.807) is 6.92 Å². The lowest BCUT2D eigenvalue weighted by Crippen LogP contribution is -2.54. The van der Waals surface area contributed by atoms with Gasteiger partial charge in [0.15, 0.2) is 0 Å². The highest BCUT2D eigenvalue weighted by Crippen LogP contribution is 2.68. The quantitative estimate of drug-likeness (QED) is 0.581. The van der Waals surface area contributed by atoms with Gasteiger partial charge in [-0.3, -0.25) is 9.59 Å². The largest absolute Gasteiger partial charge is 0.463 e. The Kier molecular flexibility index (Phi) is 5.53. The van der Waals surface area contributed by atoms with E-state index in [1.807, 2.05) is 0 Å². The van der Waals surface area contributed by atoms with Crippen LogP contribution in [0.25, 0.3) is 0 Å². The number of fused-ring (bicyclic) bond motifs is 5. The minimum absolute atomic E-state index is 0.0325. The summed E-state index contributed by atoms with van der Waals surface area (Å²) >= 11 is 0. The van der Waals surface area contributed by atoms with Crippen LogP contribution in [0, 0.1) is 40.4 Å². The van der Waals surface area contributed by atoms with E-state index >= 15 is 0 Å². The molecule has 0 radical (unpaired) electrons. The van der Waals surface area contributed by atoms with Gasteiger partial charge < -0.3 is 9.47 Å². The van der Waals surface area contributed by atoms with Crippen molar-refractivity contribution in [2.45, 2.75) is 105 Å². The summed E-state index contributed by atoms with van der Waals surface area (Å²) in [6.45, 7) is 10.2. The van der Waals surface area contributed by atoms with Crippen molar-refractivity contribution in [2.24, 2.45) is 40.4 Å². The second-order valence-corrected chi connectivity index (χ2v) is 11.2. The average molecular weight is 405 g/mol. The van der Waals surface area contributed by atoms with E-state index in [-0.39, 0.29) is 24.1 Å². The summed E-state index contributed by atoms with van der Waals surface area (Å²) in [7, 11) is 0. The van der Waals surface area contributed by atoms with Crippen molar-refractivity contribution < 1.29 is 19.1 Å². The van der Waals surface area contributed by atoms with E-state index in [0.29, 0.717) is 22.7 Å². The van der Waals surface area contributed by atoms with Crippen molar-refractivity contribution >= 4 is 11.9 Å². The Hall–Kier alpha value is -1.06. The molecule has 4 saturated carbocycles. The second kappa shape index (κ2) is 7.57. The van der Waals surface area contributed by atoms with Gasteiger partial charge in [-0.1, -0.05) is 13.8 Å². The first-order valence-corrected chi connectivity index (χ1v) is 12.0. The van der Waals surface area contributed by atoms with Crippen molar-refractivity contribution in [1.29, 1.82) is 0 Å². The standard InChI is InChI=1S/C25H40O4/c1-15(28-16(2)26)21-8-9-22-20-7-6-18-14-19(29-17(3)27)10-12-24(18,4)23(20)11-13-25(21,22)5/h15,18-23H,6-14H2,1-5H3/t15-,18-,19+,20+,21-,22+,23+,24+,25-/m1/s1. The number of esters is 2. The molecular weight excluding hydrogens is 364 g/mol. The van der Waals surface area contributed by atoms with Gasteiger partial charge >= 0.3 is 11.9 Å². The first kappa shape index (κ1) is 21.2. The molecule has 0 aromatic heterocycles. The summed E-state index contributed by atoms with van der Waals surface area (Å²) in [5.41, 5.74) is 0.717. The number of rotatable bonds is 3. The molecule has 0 aromatic carbocycles. The van der Waals surface area contributed by atoms with Gasteiger partial charge in [0, 0.05) is 19.8 Å². The maximum atomic E-state index is 11.5. The average Bonchev–Trinajstić information content (AvgIpc) is 2.98. The number of hydrogen-bond donors (Lipinski definition) is 0. The predicted molar refractivity (Wildman–Crippen MR) is 112 cm³/mol. The fraction of sp³-hybridized carbons (Fsp3) is 0.920. The van der Waals surface area contributed by atoms with Crippen LogP contribution < -0.4 is 0 Å². The summed E-state index contributed by atoms with van der Waals surface area (Å²) in [6, 6.07) is 0. The van der Waals surface area contributed by atoms with Crippen LogP contribution in [0.15, 0.2) is 0 Å². The molecule has 9 atom stereocenters. The number of ether oxygens (including phenoxy) is 2. The summed E-state index contributed by atoms with van der Waals surface area (Å²) in [5.74, 6) is 3.32. The predicted octanol–water partition coefficient (Wildman–Crippen LogP) is 5.53. The Morgan fingerprint density at radius 1 is 0.862 bits per heavy atom. The maximum absolute atomic E-state index is 11.5. The fourth-order valence-electron chi connectivity index (χ4n) is 8.72. The molecule has 29 heavy (non-hydrogen) atoms. The smallest absolute Gasteiger partial charge is 0.302 e. The lowest BCUT2D eigenvalue weighted by molar-refractivity contribution is -0.164. The van der Waals surface area contributed by atoms with Gasteiger partial charge in [0.05, 0.1) is 0 Å². The molecule has 4 rings (SSSR count). The Balaban J connectivity index is 1.50. The normalized spacial score (nSPS) is 47.3. The van der Waals surface area contributed by atoms with Gasteiger partial charge in [-0.2, -0.15) is 0 Å². The molecule has 0 aliphatic heterocycles. The zero-order valence-electron chi connectivity index (χ0n) is 19.0. The molecule has 0 aromatic rings. The molecule has 4 aliphatic carbocycles. The van der Waals surface area contributed by atoms with Crippen molar-refractivity contribution in [3.63, 3.8) is 0 Å². The van der Waals surface area contributed by atoms with Crippen LogP contribution in [-0.2, 0) is 19.1 Å². The van der Waals surface area contributed by atoms with Crippen LogP contribution in [0.5, 0.6) is 0 Å². The second-order valence-electron chi connectivity index (χ2n) is 11.2. The van der Waals surface area contributed by atoms with E-state index in [0.717, 1.165) is 30.6 Å². The van der Waals surface area contributed by atoms with Gasteiger partial charge in [0.1, 0.15) is 12.2 Å². The van der Waals surface area contributed by atoms with Gasteiger partial charge in [0.25, 0.3) is 0 Å². The van der Waals surface area contributed by atoms with Crippen molar-refractivity contribution in [3.05, 3.63) is 0 Å². The molecule has 164 valence electrons. The van der Waals surface area contributed by atoms with Crippen molar-refractivity contribution in [3.8, 4) is 0 Å². The summed E-state index contributed by atoms with van der Waals surface area (Å²) in [6.07, 6.45) is 11.2. The SMILES string of the molecule is CC(=O)O[C@H]1CC[C@@]2(C)[C@H](CC[C@@H]3[C@@H]2CC[C@]2(C)[C@@H]([C@@H](C)OC(C)=O)CC[C@@H]32)C1. The van der Waals surface area contributed by atoms with E-state index in [2.05, 4.69) is 20.8 Å². The Morgan fingerprint density at radius 3 is 2.24 bits per heavy atom. The molecule has 0 saturated heterocycles. The lowest BCUT2D eigenvalue weighted by Gasteiger charge is -2.61. The molecule has 4 fully saturated rings. The zero-order valence-corrected chi connectivity index (χ0v) is 19.0. The van der Waals surface area contributed by atoms with Crippen LogP contribution in [-0.4, -0.2) is 24.1 Å². The van der Waals surface area contributed by atoms with E-state index in [9.17, 15) is 9.59 Å². The van der Waals surface area contributed by atoms with E-state index < -0.39 is 0 Å². The monoisotopic (exact) mass is 404 g/mol. The van der Waals surface area contributed by atoms with Crippen LogP contribution in [0.2, 0.25) is 0 Å². The number of carbonyl (C=O) groups is 2. The molecule has 0 N–H and O–H groups in total. The third-order valence-electron chi connectivity index (χ3n) is 9.94. The van der Waals surface area contributed by atoms with Gasteiger partial charge in [-0.15, -0.1) is 0 Å². The van der Waals surface area contributed by atoms with Gasteiger partial charge in [-0.25, -0.2) is 0 Å². The third kappa shape index (κ3) is 3.53. The topological polar surface area (TPSA) is 52.6 Å². The van der Waals surface area contributed by atoms with E-state index in [4.69, 9.17) is 9.47 Å². The molecule has 0 spiro atoms. The molecule has 0 unspecified atom stereocenters. The number of carbonyl (C=O) groups excluding carboxylic acids is 2. The van der Waals surface area contributed by atoms with Gasteiger partial charge in [-0.05, 0) is 99.2 Å². The molecule has 0 heterocycles. The first-order valence-electron chi connectivity index (χ1n) is 12.0. The highest BCUT2D eigenvalue weighted by atomic mass is 16.5. The summed E-state index contributed by atoms with van der Waals surface area (Å²) in [4.78, 5) is 23.0. The Morgan fingerprint density at radius 2 is 1.55 bits per heavy atom. The van der Waals surface area contributed by atoms with E-state index in [1.165, 1.54) is 51.9 Å². The molecular formula is C25H40O4. The Labute approximate surface area is 176 Å². The minimum atomic E-state index is -0.143. The molecule has 4 nitrogen and oxygen atoms in total. The molecule has 4 aliphatic rings. The zero-order chi connectivity index (χ0) is 21.0. The number of hydrogen-bond acceptors (Lipinski definition) is 4. The summed E-state index contributed by atoms with van der Waals surface area (Å²) < 4.78 is 11.3. The van der Waals surface area contributed by atoms with Crippen LogP contribution in [0.1, 0.15) is 92.4 Å². The molecule has 4 heteroatoms. The molecule has 0 amide bonds. The highest BCUT2D eigenvalue weighted by molar-refractivity contribution is 5.66.